The van der Waals surface area contributed by atoms with Gasteiger partial charge in [0.25, 0.3) is 11.8 Å². The van der Waals surface area contributed by atoms with Crippen LogP contribution < -0.4 is 5.32 Å². The highest BCUT2D eigenvalue weighted by Crippen LogP contribution is 2.25. The number of aryl methyl sites for hydroxylation is 1. The molecule has 0 saturated carbocycles. The zero-order chi connectivity index (χ0) is 22.0. The molecule has 3 aliphatic heterocycles. The third kappa shape index (κ3) is 4.64. The predicted octanol–water partition coefficient (Wildman–Crippen LogP) is 2.07. The maximum Gasteiger partial charge on any atom is 0.434 e. The topological polar surface area (TPSA) is 82.2 Å². The number of hydroxylamine groups is 2. The monoisotopic (exact) mass is 424 g/mol. The van der Waals surface area contributed by atoms with Crippen LogP contribution in [0, 0.1) is 6.92 Å². The second-order valence-electron chi connectivity index (χ2n) is 8.50. The van der Waals surface area contributed by atoms with Crippen molar-refractivity contribution in [3.63, 3.8) is 0 Å². The summed E-state index contributed by atoms with van der Waals surface area (Å²) >= 11 is 0. The summed E-state index contributed by atoms with van der Waals surface area (Å²) in [7, 11) is 0. The summed E-state index contributed by atoms with van der Waals surface area (Å²) in [5, 5.41) is 4.28. The number of amides is 3. The lowest BCUT2D eigenvalue weighted by Crippen LogP contribution is -2.56. The first-order valence-corrected chi connectivity index (χ1v) is 10.6. The summed E-state index contributed by atoms with van der Waals surface area (Å²) in [6, 6.07) is 8.31. The Hall–Kier alpha value is -3.13. The number of carbonyl (C=O) groups excluding carboxylic acids is 3. The van der Waals surface area contributed by atoms with E-state index in [0.29, 0.717) is 31.2 Å². The van der Waals surface area contributed by atoms with Crippen molar-refractivity contribution in [1.29, 1.82) is 0 Å². The summed E-state index contributed by atoms with van der Waals surface area (Å²) < 4.78 is 0. The first kappa shape index (κ1) is 21.1. The number of allylic oxidation sites excluding steroid dienone is 2. The van der Waals surface area contributed by atoms with Gasteiger partial charge in [-0.15, -0.1) is 5.06 Å². The molecule has 4 rings (SSSR count). The smallest absolute Gasteiger partial charge is 0.375 e. The fourth-order valence-corrected chi connectivity index (χ4v) is 4.22. The van der Waals surface area contributed by atoms with Crippen molar-refractivity contribution >= 4 is 23.6 Å². The number of dihydropyridines is 1. The Balaban J connectivity index is 1.31. The molecule has 0 radical (unpaired) electrons. The molecule has 2 fully saturated rings. The zero-order valence-electron chi connectivity index (χ0n) is 18.0. The molecule has 31 heavy (non-hydrogen) atoms. The molecule has 0 spiro atoms. The van der Waals surface area contributed by atoms with Crippen LogP contribution in [0.2, 0.25) is 0 Å². The Morgan fingerprint density at radius 1 is 1.10 bits per heavy atom. The first-order valence-electron chi connectivity index (χ1n) is 10.6. The van der Waals surface area contributed by atoms with Crippen LogP contribution in [-0.4, -0.2) is 71.0 Å². The van der Waals surface area contributed by atoms with Gasteiger partial charge in [-0.2, -0.15) is 0 Å². The van der Waals surface area contributed by atoms with Crippen LogP contribution in [-0.2, 0) is 14.4 Å². The Bertz CT molecular complexity index is 933. The van der Waals surface area contributed by atoms with E-state index < -0.39 is 17.9 Å². The van der Waals surface area contributed by atoms with Gasteiger partial charge < -0.3 is 15.1 Å². The highest BCUT2D eigenvalue weighted by atomic mass is 16.7. The molecule has 3 heterocycles. The van der Waals surface area contributed by atoms with Crippen molar-refractivity contribution in [2.75, 3.05) is 32.7 Å². The number of imide groups is 1. The van der Waals surface area contributed by atoms with Crippen LogP contribution in [0.25, 0.3) is 5.70 Å². The lowest BCUT2D eigenvalue weighted by atomic mass is 9.94. The summed E-state index contributed by atoms with van der Waals surface area (Å²) in [4.78, 5) is 44.5. The molecule has 0 aliphatic carbocycles. The second kappa shape index (κ2) is 8.55. The van der Waals surface area contributed by atoms with E-state index in [2.05, 4.69) is 54.4 Å². The standard InChI is InChI=1S/C23H28N4O4/c1-17-6-3-4-7-18(17)19-8-5-11-23(2,24-19)16-25-12-14-26(15-13-25)22(30)31-27-20(28)9-10-21(27)29/h3-8,11,24H,9-10,12-16H2,1-2H3. The molecule has 1 aromatic rings. The van der Waals surface area contributed by atoms with Gasteiger partial charge in [0.05, 0.1) is 5.54 Å². The van der Waals surface area contributed by atoms with E-state index in [4.69, 9.17) is 4.84 Å². The summed E-state index contributed by atoms with van der Waals surface area (Å²) in [5.41, 5.74) is 3.28. The van der Waals surface area contributed by atoms with Crippen LogP contribution in [0.3, 0.4) is 0 Å². The molecule has 1 aromatic carbocycles. The van der Waals surface area contributed by atoms with Crippen LogP contribution >= 0.6 is 0 Å². The number of piperazine rings is 1. The number of hydrogen-bond donors (Lipinski definition) is 1. The number of benzene rings is 1. The van der Waals surface area contributed by atoms with E-state index in [9.17, 15) is 14.4 Å². The number of nitrogens with one attached hydrogen (secondary N) is 1. The molecule has 2 saturated heterocycles. The van der Waals surface area contributed by atoms with Gasteiger partial charge in [0, 0.05) is 56.8 Å². The largest absolute Gasteiger partial charge is 0.434 e. The van der Waals surface area contributed by atoms with Gasteiger partial charge in [0.15, 0.2) is 0 Å². The van der Waals surface area contributed by atoms with Crippen molar-refractivity contribution in [1.82, 2.24) is 20.2 Å². The molecule has 164 valence electrons. The maximum atomic E-state index is 12.3. The van der Waals surface area contributed by atoms with Gasteiger partial charge in [0.2, 0.25) is 0 Å². The third-order valence-electron chi connectivity index (χ3n) is 5.94. The Morgan fingerprint density at radius 2 is 1.77 bits per heavy atom. The van der Waals surface area contributed by atoms with Gasteiger partial charge in [-0.25, -0.2) is 4.79 Å². The van der Waals surface area contributed by atoms with E-state index in [0.717, 1.165) is 12.2 Å². The van der Waals surface area contributed by atoms with Gasteiger partial charge in [-0.3, -0.25) is 14.5 Å². The van der Waals surface area contributed by atoms with Crippen LogP contribution in [0.5, 0.6) is 0 Å². The molecule has 3 aliphatic rings. The van der Waals surface area contributed by atoms with Crippen LogP contribution in [0.1, 0.15) is 30.9 Å². The molecule has 1 N–H and O–H groups in total. The minimum absolute atomic E-state index is 0.0952. The molecule has 8 nitrogen and oxygen atoms in total. The average molecular weight is 425 g/mol. The van der Waals surface area contributed by atoms with E-state index in [-0.39, 0.29) is 18.4 Å². The Kier molecular flexibility index (Phi) is 5.82. The van der Waals surface area contributed by atoms with Crippen LogP contribution in [0.4, 0.5) is 4.79 Å². The minimum atomic E-state index is -0.644. The number of hydrogen-bond acceptors (Lipinski definition) is 6. The molecular weight excluding hydrogens is 396 g/mol. The van der Waals surface area contributed by atoms with Crippen molar-refractivity contribution in [2.24, 2.45) is 0 Å². The van der Waals surface area contributed by atoms with Crippen molar-refractivity contribution < 1.29 is 19.2 Å². The van der Waals surface area contributed by atoms with Crippen molar-refractivity contribution in [3.8, 4) is 0 Å². The quantitative estimate of drug-likeness (QED) is 0.746. The van der Waals surface area contributed by atoms with E-state index >= 15 is 0 Å². The Morgan fingerprint density at radius 3 is 2.45 bits per heavy atom. The first-order chi connectivity index (χ1) is 14.8. The number of carbonyl (C=O) groups is 3. The number of rotatable bonds is 4. The average Bonchev–Trinajstić information content (AvgIpc) is 3.06. The minimum Gasteiger partial charge on any atom is -0.375 e. The zero-order valence-corrected chi connectivity index (χ0v) is 18.0. The number of nitrogens with zero attached hydrogens (tertiary/aromatic N) is 3. The SMILES string of the molecule is Cc1ccccc1C1=CC=CC(C)(CN2CCN(C(=O)ON3C(=O)CCC3=O)CC2)N1. The highest BCUT2D eigenvalue weighted by Gasteiger charge is 2.35. The third-order valence-corrected chi connectivity index (χ3v) is 5.94. The summed E-state index contributed by atoms with van der Waals surface area (Å²) in [6.45, 7) is 7.40. The molecule has 3 amide bonds. The van der Waals surface area contributed by atoms with Gasteiger partial charge >= 0.3 is 6.09 Å². The molecule has 1 unspecified atom stereocenters. The normalized spacial score (nSPS) is 24.3. The van der Waals surface area contributed by atoms with Gasteiger partial charge in [0.1, 0.15) is 0 Å². The molecule has 0 bridgehead atoms. The van der Waals surface area contributed by atoms with Gasteiger partial charge in [-0.05, 0) is 25.5 Å². The molecule has 8 heteroatoms. The Labute approximate surface area is 182 Å². The summed E-state index contributed by atoms with van der Waals surface area (Å²) in [5.74, 6) is -0.921. The lowest BCUT2D eigenvalue weighted by Gasteiger charge is -2.41. The van der Waals surface area contributed by atoms with Crippen LogP contribution in [0.15, 0.2) is 42.5 Å². The van der Waals surface area contributed by atoms with E-state index in [1.54, 1.807) is 4.90 Å². The maximum absolute atomic E-state index is 12.3. The van der Waals surface area contributed by atoms with E-state index in [1.165, 1.54) is 11.1 Å². The molecule has 0 aromatic heterocycles. The summed E-state index contributed by atoms with van der Waals surface area (Å²) in [6.07, 6.45) is 5.90. The molecular formula is C23H28N4O4. The fraction of sp³-hybridized carbons (Fsp3) is 0.435. The fourth-order valence-electron chi connectivity index (χ4n) is 4.22. The van der Waals surface area contributed by atoms with Crippen molar-refractivity contribution in [3.05, 3.63) is 53.6 Å². The molecule has 1 atom stereocenters. The predicted molar refractivity (Wildman–Crippen MR) is 115 cm³/mol. The van der Waals surface area contributed by atoms with Gasteiger partial charge in [-0.1, -0.05) is 36.4 Å². The lowest BCUT2D eigenvalue weighted by molar-refractivity contribution is -0.174. The van der Waals surface area contributed by atoms with E-state index in [1.807, 2.05) is 12.1 Å². The van der Waals surface area contributed by atoms with Crippen molar-refractivity contribution in [2.45, 2.75) is 32.2 Å². The second-order valence-corrected chi connectivity index (χ2v) is 8.50. The highest BCUT2D eigenvalue weighted by molar-refractivity contribution is 6.01.